The zero-order chi connectivity index (χ0) is 16.8. The maximum Gasteiger partial charge on any atom is 0.338 e. The van der Waals surface area contributed by atoms with Gasteiger partial charge in [0.1, 0.15) is 5.75 Å². The van der Waals surface area contributed by atoms with Crippen LogP contribution in [0.4, 0.5) is 4.79 Å². The summed E-state index contributed by atoms with van der Waals surface area (Å²) in [6.45, 7) is 4.42. The van der Waals surface area contributed by atoms with Crippen molar-refractivity contribution >= 4 is 23.6 Å². The summed E-state index contributed by atoms with van der Waals surface area (Å²) in [6, 6.07) is 6.14. The van der Waals surface area contributed by atoms with Crippen LogP contribution < -0.4 is 15.4 Å². The lowest BCUT2D eigenvalue weighted by Crippen LogP contribution is -2.46. The Kier molecular flexibility index (Phi) is 5.87. The first-order valence-corrected chi connectivity index (χ1v) is 7.90. The van der Waals surface area contributed by atoms with Crippen molar-refractivity contribution in [3.63, 3.8) is 0 Å². The lowest BCUT2D eigenvalue weighted by Gasteiger charge is -2.28. The molecule has 0 saturated heterocycles. The molecule has 23 heavy (non-hydrogen) atoms. The van der Waals surface area contributed by atoms with Gasteiger partial charge in [-0.15, -0.1) is 11.6 Å². The van der Waals surface area contributed by atoms with Gasteiger partial charge in [-0.05, 0) is 31.5 Å². The normalized spacial score (nSPS) is 17.3. The van der Waals surface area contributed by atoms with Gasteiger partial charge in [0.25, 0.3) is 0 Å². The van der Waals surface area contributed by atoms with Crippen LogP contribution in [-0.2, 0) is 9.53 Å². The Morgan fingerprint density at radius 1 is 1.22 bits per heavy atom. The number of urea groups is 1. The molecule has 1 aliphatic rings. The lowest BCUT2D eigenvalue weighted by atomic mass is 9.95. The molecule has 2 amide bonds. The molecule has 0 saturated carbocycles. The number of nitrogens with one attached hydrogen (secondary N) is 2. The highest BCUT2D eigenvalue weighted by Gasteiger charge is 2.33. The third-order valence-corrected chi connectivity index (χ3v) is 3.57. The molecule has 7 heteroatoms. The quantitative estimate of drug-likeness (QED) is 0.617. The molecule has 1 heterocycles. The highest BCUT2D eigenvalue weighted by molar-refractivity contribution is 6.20. The van der Waals surface area contributed by atoms with E-state index in [-0.39, 0.29) is 12.5 Å². The molecule has 2 N–H and O–H groups in total. The number of alkyl halides is 1. The van der Waals surface area contributed by atoms with Crippen molar-refractivity contribution < 1.29 is 19.1 Å². The van der Waals surface area contributed by atoms with Gasteiger partial charge in [0.15, 0.2) is 0 Å². The van der Waals surface area contributed by atoms with Crippen LogP contribution in [-0.4, -0.2) is 31.1 Å². The van der Waals surface area contributed by atoms with Crippen molar-refractivity contribution in [2.24, 2.45) is 0 Å². The maximum absolute atomic E-state index is 12.3. The minimum absolute atomic E-state index is 0.00902. The van der Waals surface area contributed by atoms with E-state index in [0.29, 0.717) is 17.9 Å². The summed E-state index contributed by atoms with van der Waals surface area (Å²) < 4.78 is 10.5. The van der Waals surface area contributed by atoms with E-state index in [4.69, 9.17) is 21.1 Å². The van der Waals surface area contributed by atoms with Crippen LogP contribution in [0.1, 0.15) is 25.5 Å². The summed E-state index contributed by atoms with van der Waals surface area (Å²) >= 11 is 5.88. The number of allylic oxidation sites excluding steroid dienone is 1. The first-order chi connectivity index (χ1) is 11.1. The van der Waals surface area contributed by atoms with E-state index >= 15 is 0 Å². The fraction of sp³-hybridized carbons (Fsp3) is 0.375. The Morgan fingerprint density at radius 3 is 2.48 bits per heavy atom. The summed E-state index contributed by atoms with van der Waals surface area (Å²) in [5.41, 5.74) is 1.41. The second-order valence-electron chi connectivity index (χ2n) is 4.78. The van der Waals surface area contributed by atoms with E-state index in [1.165, 1.54) is 0 Å². The van der Waals surface area contributed by atoms with Gasteiger partial charge in [-0.2, -0.15) is 0 Å². The molecule has 1 aromatic carbocycles. The zero-order valence-electron chi connectivity index (χ0n) is 13.0. The van der Waals surface area contributed by atoms with Crippen LogP contribution in [0.25, 0.3) is 0 Å². The van der Waals surface area contributed by atoms with Crippen molar-refractivity contribution in [3.05, 3.63) is 41.1 Å². The lowest BCUT2D eigenvalue weighted by molar-refractivity contribution is -0.139. The molecule has 0 aliphatic carbocycles. The molecule has 0 fully saturated rings. The molecule has 6 nitrogen and oxygen atoms in total. The van der Waals surface area contributed by atoms with E-state index in [2.05, 4.69) is 10.6 Å². The number of hydrogen-bond donors (Lipinski definition) is 2. The number of ether oxygens (including phenoxy) is 2. The smallest absolute Gasteiger partial charge is 0.338 e. The van der Waals surface area contributed by atoms with Crippen LogP contribution in [0.3, 0.4) is 0 Å². The summed E-state index contributed by atoms with van der Waals surface area (Å²) in [5, 5.41) is 5.29. The van der Waals surface area contributed by atoms with E-state index in [1.807, 2.05) is 6.92 Å². The third-order valence-electron chi connectivity index (χ3n) is 3.31. The Bertz CT molecular complexity index is 613. The van der Waals surface area contributed by atoms with E-state index in [0.717, 1.165) is 11.3 Å². The zero-order valence-corrected chi connectivity index (χ0v) is 13.8. The van der Waals surface area contributed by atoms with E-state index in [9.17, 15) is 9.59 Å². The molecule has 0 radical (unpaired) electrons. The van der Waals surface area contributed by atoms with Gasteiger partial charge in [0, 0.05) is 5.70 Å². The fourth-order valence-electron chi connectivity index (χ4n) is 2.35. The molecule has 0 unspecified atom stereocenters. The van der Waals surface area contributed by atoms with Gasteiger partial charge in [-0.3, -0.25) is 0 Å². The predicted octanol–water partition coefficient (Wildman–Crippen LogP) is 2.50. The Labute approximate surface area is 139 Å². The average molecular weight is 339 g/mol. The number of rotatable bonds is 6. The number of benzene rings is 1. The molecular weight excluding hydrogens is 320 g/mol. The molecule has 1 aliphatic heterocycles. The SMILES string of the molecule is CCOC(=O)C1=C(CCl)NC(=O)N[C@@H]1c1ccc(OCC)cc1. The monoisotopic (exact) mass is 338 g/mol. The minimum atomic E-state index is -0.618. The topological polar surface area (TPSA) is 76.7 Å². The number of hydrogen-bond acceptors (Lipinski definition) is 4. The Balaban J connectivity index is 2.39. The van der Waals surface area contributed by atoms with Crippen molar-refractivity contribution in [2.45, 2.75) is 19.9 Å². The Hall–Kier alpha value is -2.21. The molecule has 124 valence electrons. The second-order valence-corrected chi connectivity index (χ2v) is 5.05. The average Bonchev–Trinajstić information content (AvgIpc) is 2.55. The molecule has 0 aromatic heterocycles. The summed E-state index contributed by atoms with van der Waals surface area (Å²) in [5.74, 6) is 0.222. The number of carbonyl (C=O) groups is 2. The van der Waals surface area contributed by atoms with Gasteiger partial charge in [0.2, 0.25) is 0 Å². The first-order valence-electron chi connectivity index (χ1n) is 7.37. The van der Waals surface area contributed by atoms with Crippen molar-refractivity contribution in [3.8, 4) is 5.75 Å². The van der Waals surface area contributed by atoms with Gasteiger partial charge in [-0.25, -0.2) is 9.59 Å². The van der Waals surface area contributed by atoms with Gasteiger partial charge in [-0.1, -0.05) is 12.1 Å². The number of amides is 2. The molecule has 0 bridgehead atoms. The van der Waals surface area contributed by atoms with E-state index in [1.54, 1.807) is 31.2 Å². The van der Waals surface area contributed by atoms with Crippen LogP contribution >= 0.6 is 11.6 Å². The van der Waals surface area contributed by atoms with Gasteiger partial charge < -0.3 is 20.1 Å². The number of halogens is 1. The van der Waals surface area contributed by atoms with Crippen LogP contribution in [0.2, 0.25) is 0 Å². The van der Waals surface area contributed by atoms with Crippen molar-refractivity contribution in [2.75, 3.05) is 19.1 Å². The standard InChI is InChI=1S/C16H19ClN2O4/c1-3-22-11-7-5-10(6-8-11)14-13(15(20)23-4-2)12(9-17)18-16(21)19-14/h5-8,14H,3-4,9H2,1-2H3,(H2,18,19,21)/t14-/m1/s1. The Morgan fingerprint density at radius 2 is 1.91 bits per heavy atom. The van der Waals surface area contributed by atoms with Crippen LogP contribution in [0.5, 0.6) is 5.75 Å². The molecule has 2 rings (SSSR count). The highest BCUT2D eigenvalue weighted by atomic mass is 35.5. The summed E-state index contributed by atoms with van der Waals surface area (Å²) in [6.07, 6.45) is 0. The maximum atomic E-state index is 12.3. The highest BCUT2D eigenvalue weighted by Crippen LogP contribution is 2.29. The number of carbonyl (C=O) groups excluding carboxylic acids is 2. The third kappa shape index (κ3) is 3.96. The summed E-state index contributed by atoms with van der Waals surface area (Å²) in [4.78, 5) is 24.1. The number of esters is 1. The van der Waals surface area contributed by atoms with E-state index < -0.39 is 18.0 Å². The predicted molar refractivity (Wildman–Crippen MR) is 86.4 cm³/mol. The van der Waals surface area contributed by atoms with Crippen LogP contribution in [0, 0.1) is 0 Å². The fourth-order valence-corrected chi connectivity index (χ4v) is 2.56. The largest absolute Gasteiger partial charge is 0.494 e. The van der Waals surface area contributed by atoms with Crippen molar-refractivity contribution in [1.82, 2.24) is 10.6 Å². The van der Waals surface area contributed by atoms with Gasteiger partial charge >= 0.3 is 12.0 Å². The molecule has 1 aromatic rings. The summed E-state index contributed by atoms with van der Waals surface area (Å²) in [7, 11) is 0. The second kappa shape index (κ2) is 7.87. The molecule has 0 spiro atoms. The van der Waals surface area contributed by atoms with Gasteiger partial charge in [0.05, 0.1) is 30.7 Å². The van der Waals surface area contributed by atoms with Crippen molar-refractivity contribution in [1.29, 1.82) is 0 Å². The first kappa shape index (κ1) is 17.1. The minimum Gasteiger partial charge on any atom is -0.494 e. The molecule has 1 atom stereocenters. The van der Waals surface area contributed by atoms with Crippen LogP contribution in [0.15, 0.2) is 35.5 Å². The molecular formula is C16H19ClN2O4.